The van der Waals surface area contributed by atoms with E-state index in [1.807, 2.05) is 6.08 Å². The summed E-state index contributed by atoms with van der Waals surface area (Å²) >= 11 is 0. The molecule has 3 aliphatic heterocycles. The Hall–Kier alpha value is -2.49. The van der Waals surface area contributed by atoms with E-state index in [9.17, 15) is 0 Å². The number of benzene rings is 4. The summed E-state index contributed by atoms with van der Waals surface area (Å²) in [5, 5.41) is 4.44. The Labute approximate surface area is 419 Å². The van der Waals surface area contributed by atoms with Gasteiger partial charge in [-0.1, -0.05) is 190 Å². The minimum absolute atomic E-state index is 0.117. The lowest BCUT2D eigenvalue weighted by Crippen LogP contribution is -2.67. The van der Waals surface area contributed by atoms with Crippen LogP contribution in [-0.4, -0.2) is 98.6 Å². The smallest absolute Gasteiger partial charge is 0.261 e. The van der Waals surface area contributed by atoms with Crippen molar-refractivity contribution in [2.45, 2.75) is 141 Å². The molecule has 0 aromatic heterocycles. The minimum atomic E-state index is -2.86. The highest BCUT2D eigenvalue weighted by molar-refractivity contribution is 7.10. The van der Waals surface area contributed by atoms with Crippen molar-refractivity contribution in [3.63, 3.8) is 0 Å². The van der Waals surface area contributed by atoms with Crippen molar-refractivity contribution in [3.05, 3.63) is 134 Å². The molecule has 0 saturated carbocycles. The summed E-state index contributed by atoms with van der Waals surface area (Å²) in [6.07, 6.45) is -0.416. The molecule has 3 saturated heterocycles. The summed E-state index contributed by atoms with van der Waals surface area (Å²) in [7, 11) is -0.770. The molecular formula is C55H78O10P2Si2. The number of unbranched alkanes of at least 4 members (excludes halogenated alkanes) is 1. The summed E-state index contributed by atoms with van der Waals surface area (Å²) in [4.78, 5) is 0. The second-order valence-electron chi connectivity index (χ2n) is 21.1. The van der Waals surface area contributed by atoms with E-state index in [1.165, 1.54) is 20.7 Å². The Morgan fingerprint density at radius 3 is 1.23 bits per heavy atom. The van der Waals surface area contributed by atoms with Crippen molar-refractivity contribution in [1.29, 1.82) is 0 Å². The van der Waals surface area contributed by atoms with Gasteiger partial charge in [0.1, 0.15) is 18.3 Å². The van der Waals surface area contributed by atoms with Gasteiger partial charge in [-0.05, 0) is 43.7 Å². The van der Waals surface area contributed by atoms with Crippen LogP contribution >= 0.6 is 18.9 Å². The van der Waals surface area contributed by atoms with E-state index in [0.717, 1.165) is 12.8 Å². The van der Waals surface area contributed by atoms with Crippen LogP contribution in [0.4, 0.5) is 0 Å². The fourth-order valence-corrected chi connectivity index (χ4v) is 20.9. The van der Waals surface area contributed by atoms with Crippen molar-refractivity contribution >= 4 is 56.3 Å². The molecule has 14 heteroatoms. The number of rotatable bonds is 22. The standard InChI is InChI=1S/C55H78O10P2Si2/c1-11-12-25-34-56-51-38(2)48(63-53-40(4)50(65-67)47(62-53)37-59-69(55(8,9)10,43-30-21-15-22-31-43)44-32-23-16-24-33-44)45(60-51)35-57-52-39(3)49(64-66)46(61-52)36-58-68(54(5,6)7,41-26-17-13-18-27-41)42-28-19-14-20-29-42/h11,13-24,26-33,38-40,45-53H,1,12,25,34-37,66-67H2,2-10H3. The molecule has 3 aliphatic rings. The largest absolute Gasteiger partial charge is 0.405 e. The molecule has 14 atom stereocenters. The Bertz CT molecular complexity index is 2090. The number of hydrogen-bond acceptors (Lipinski definition) is 10. The maximum atomic E-state index is 7.37. The second-order valence-corrected chi connectivity index (χ2v) is 30.2. The topological polar surface area (TPSA) is 92.3 Å². The van der Waals surface area contributed by atoms with Crippen LogP contribution in [0.25, 0.3) is 0 Å². The first-order chi connectivity index (χ1) is 33.1. The van der Waals surface area contributed by atoms with Crippen molar-refractivity contribution in [2.75, 3.05) is 26.4 Å². The van der Waals surface area contributed by atoms with E-state index in [1.54, 1.807) is 0 Å². The van der Waals surface area contributed by atoms with Crippen molar-refractivity contribution < 1.29 is 46.3 Å². The van der Waals surface area contributed by atoms with Gasteiger partial charge in [-0.3, -0.25) is 0 Å². The van der Waals surface area contributed by atoms with Crippen LogP contribution in [0.15, 0.2) is 134 Å². The van der Waals surface area contributed by atoms with Crippen molar-refractivity contribution in [2.24, 2.45) is 17.8 Å². The van der Waals surface area contributed by atoms with Gasteiger partial charge in [0.2, 0.25) is 0 Å². The maximum absolute atomic E-state index is 7.37. The zero-order chi connectivity index (χ0) is 49.4. The summed E-state index contributed by atoms with van der Waals surface area (Å²) in [6, 6.07) is 42.6. The summed E-state index contributed by atoms with van der Waals surface area (Å²) in [5.41, 5.74) is 0. The normalized spacial score (nSPS) is 28.9. The van der Waals surface area contributed by atoms with Gasteiger partial charge in [0.15, 0.2) is 18.9 Å². The fourth-order valence-electron chi connectivity index (χ4n) is 10.9. The molecule has 0 N–H and O–H groups in total. The van der Waals surface area contributed by atoms with Gasteiger partial charge >= 0.3 is 0 Å². The molecule has 3 heterocycles. The highest BCUT2D eigenvalue weighted by Crippen LogP contribution is 2.42. The second kappa shape index (κ2) is 24.0. The van der Waals surface area contributed by atoms with E-state index >= 15 is 0 Å². The van der Waals surface area contributed by atoms with Gasteiger partial charge in [-0.25, -0.2) is 0 Å². The summed E-state index contributed by atoms with van der Waals surface area (Å²) < 4.78 is 67.4. The van der Waals surface area contributed by atoms with Gasteiger partial charge in [-0.2, -0.15) is 0 Å². The number of ether oxygens (including phenoxy) is 6. The molecule has 3 fully saturated rings. The molecule has 7 rings (SSSR count). The third kappa shape index (κ3) is 11.7. The van der Waals surface area contributed by atoms with Crippen LogP contribution in [0.2, 0.25) is 10.1 Å². The fraction of sp³-hybridized carbons (Fsp3) is 0.527. The minimum Gasteiger partial charge on any atom is -0.405 e. The van der Waals surface area contributed by atoms with E-state index in [-0.39, 0.29) is 52.7 Å². The van der Waals surface area contributed by atoms with Gasteiger partial charge in [0.05, 0.1) is 44.7 Å². The van der Waals surface area contributed by atoms with Gasteiger partial charge < -0.3 is 46.3 Å². The Morgan fingerprint density at radius 1 is 0.507 bits per heavy atom. The first-order valence-electron chi connectivity index (χ1n) is 24.8. The lowest BCUT2D eigenvalue weighted by Gasteiger charge is -2.43. The van der Waals surface area contributed by atoms with Gasteiger partial charge in [-0.15, -0.1) is 6.58 Å². The molecule has 4 aromatic carbocycles. The Balaban J connectivity index is 1.08. The molecule has 0 bridgehead atoms. The van der Waals surface area contributed by atoms with Crippen LogP contribution in [0.5, 0.6) is 0 Å². The molecule has 0 radical (unpaired) electrons. The average Bonchev–Trinajstić information content (AvgIpc) is 3.94. The van der Waals surface area contributed by atoms with Crippen LogP contribution in [-0.2, 0) is 46.3 Å². The molecule has 0 aliphatic carbocycles. The van der Waals surface area contributed by atoms with Crippen molar-refractivity contribution in [1.82, 2.24) is 0 Å². The van der Waals surface area contributed by atoms with Crippen LogP contribution < -0.4 is 20.7 Å². The predicted octanol–water partition coefficient (Wildman–Crippen LogP) is 8.96. The summed E-state index contributed by atoms with van der Waals surface area (Å²) in [6.45, 7) is 25.3. The first-order valence-corrected chi connectivity index (χ1v) is 29.5. The Kier molecular flexibility index (Phi) is 18.9. The third-order valence-electron chi connectivity index (χ3n) is 14.5. The molecule has 0 amide bonds. The van der Waals surface area contributed by atoms with Crippen LogP contribution in [0.3, 0.4) is 0 Å². The molecule has 376 valence electrons. The lowest BCUT2D eigenvalue weighted by atomic mass is 10.0. The predicted molar refractivity (Wildman–Crippen MR) is 286 cm³/mol. The van der Waals surface area contributed by atoms with Crippen molar-refractivity contribution in [3.8, 4) is 0 Å². The Morgan fingerprint density at radius 2 is 0.855 bits per heavy atom. The molecule has 0 spiro atoms. The average molecular weight is 1020 g/mol. The van der Waals surface area contributed by atoms with Gasteiger partial charge in [0, 0.05) is 36.7 Å². The quantitative estimate of drug-likeness (QED) is 0.0329. The first kappa shape index (κ1) is 54.3. The van der Waals surface area contributed by atoms with E-state index < -0.39 is 53.8 Å². The monoisotopic (exact) mass is 1020 g/mol. The molecule has 10 nitrogen and oxygen atoms in total. The summed E-state index contributed by atoms with van der Waals surface area (Å²) in [5.74, 6) is -0.390. The SMILES string of the molecule is C=CCCCOC1OC(COC2OC(CO[Si](c3ccccc3)(c3ccccc3)C(C)(C)C)C(OP)C2C)C(OC2OC(CO[Si](c3ccccc3)(c3ccccc3)C(C)(C)C)C(OP)C2C)C1C. The van der Waals surface area contributed by atoms with E-state index in [4.69, 9.17) is 46.3 Å². The lowest BCUT2D eigenvalue weighted by molar-refractivity contribution is -0.215. The molecule has 14 unspecified atom stereocenters. The maximum Gasteiger partial charge on any atom is 0.261 e. The number of allylic oxidation sites excluding steroid dienone is 1. The van der Waals surface area contributed by atoms with Crippen LogP contribution in [0, 0.1) is 17.8 Å². The molecule has 4 aromatic rings. The zero-order valence-corrected chi connectivity index (χ0v) is 46.5. The highest BCUT2D eigenvalue weighted by Gasteiger charge is 2.55. The number of hydrogen-bond donors (Lipinski definition) is 0. The molecular weight excluding hydrogens is 939 g/mol. The zero-order valence-electron chi connectivity index (χ0n) is 42.2. The third-order valence-corrected chi connectivity index (χ3v) is 25.1. The highest BCUT2D eigenvalue weighted by atomic mass is 31.0. The van der Waals surface area contributed by atoms with E-state index in [0.29, 0.717) is 19.8 Å². The van der Waals surface area contributed by atoms with Gasteiger partial charge in [0.25, 0.3) is 16.6 Å². The van der Waals surface area contributed by atoms with Crippen LogP contribution in [0.1, 0.15) is 75.2 Å². The van der Waals surface area contributed by atoms with E-state index in [2.05, 4.69) is 209 Å². The molecule has 69 heavy (non-hydrogen) atoms.